The summed E-state index contributed by atoms with van der Waals surface area (Å²) in [6.07, 6.45) is 1.68. The van der Waals surface area contributed by atoms with E-state index in [9.17, 15) is 10.4 Å². The van der Waals surface area contributed by atoms with Crippen molar-refractivity contribution < 1.29 is 14.2 Å². The van der Waals surface area contributed by atoms with Crippen LogP contribution in [0.2, 0.25) is 15.5 Å². The van der Waals surface area contributed by atoms with Crippen LogP contribution in [0.15, 0.2) is 39.4 Å². The Kier molecular flexibility index (Phi) is 7.75. The van der Waals surface area contributed by atoms with Gasteiger partial charge in [-0.2, -0.15) is 0 Å². The second kappa shape index (κ2) is 9.38. The van der Waals surface area contributed by atoms with Crippen LogP contribution < -0.4 is 14.2 Å². The van der Waals surface area contributed by atoms with Gasteiger partial charge in [-0.1, -0.05) is 43.2 Å². The lowest BCUT2D eigenvalue weighted by molar-refractivity contribution is -0.609. The SMILES string of the molecule is Cc1cnc(Oc2cc(Br)cc(Cl)[n+]2[O-])s1.[O-][n+]1c(Cl)cc(Br)cc1Cl. The van der Waals surface area contributed by atoms with Crippen molar-refractivity contribution in [3.8, 4) is 11.1 Å². The number of aryl methyl sites for hydroxylation is 1. The molecule has 0 aromatic carbocycles. The maximum Gasteiger partial charge on any atom is 0.389 e. The zero-order valence-electron chi connectivity index (χ0n) is 12.8. The molecule has 0 aliphatic carbocycles. The fourth-order valence-corrected chi connectivity index (χ4v) is 4.04. The van der Waals surface area contributed by atoms with Gasteiger partial charge in [0.05, 0.1) is 6.07 Å². The summed E-state index contributed by atoms with van der Waals surface area (Å²) in [6, 6.07) is 5.98. The maximum absolute atomic E-state index is 11.5. The average Bonchev–Trinajstić information content (AvgIpc) is 2.95. The number of aromatic nitrogens is 3. The van der Waals surface area contributed by atoms with Gasteiger partial charge >= 0.3 is 5.88 Å². The summed E-state index contributed by atoms with van der Waals surface area (Å²) in [5.41, 5.74) is 0. The third kappa shape index (κ3) is 5.83. The van der Waals surface area contributed by atoms with Crippen molar-refractivity contribution in [2.75, 3.05) is 0 Å². The van der Waals surface area contributed by atoms with Gasteiger partial charge in [0.15, 0.2) is 0 Å². The van der Waals surface area contributed by atoms with E-state index in [-0.39, 0.29) is 21.3 Å². The van der Waals surface area contributed by atoms with Crippen molar-refractivity contribution in [1.29, 1.82) is 0 Å². The predicted octanol–water partition coefficient (Wildman–Crippen LogP) is 5.68. The molecule has 26 heavy (non-hydrogen) atoms. The molecule has 3 aromatic heterocycles. The summed E-state index contributed by atoms with van der Waals surface area (Å²) in [4.78, 5) is 5.01. The second-order valence-corrected chi connectivity index (χ2v) is 8.77. The zero-order valence-corrected chi connectivity index (χ0v) is 19.0. The largest absolute Gasteiger partial charge is 0.617 e. The summed E-state index contributed by atoms with van der Waals surface area (Å²) >= 11 is 24.3. The minimum absolute atomic E-state index is 0.0395. The number of rotatable bonds is 2. The zero-order chi connectivity index (χ0) is 19.4. The van der Waals surface area contributed by atoms with E-state index < -0.39 is 0 Å². The van der Waals surface area contributed by atoms with E-state index >= 15 is 0 Å². The Morgan fingerprint density at radius 2 is 1.46 bits per heavy atom. The first-order valence-electron chi connectivity index (χ1n) is 6.60. The standard InChI is InChI=1S/C9H6BrClN2O2S.C5H2BrCl2NO/c1-5-4-12-9(16-5)15-8-3-6(10)2-7(11)13(8)14;6-3-1-4(7)9(10)5(8)2-3/h2-4H,1H3;1-2H. The van der Waals surface area contributed by atoms with Crippen molar-refractivity contribution in [2.45, 2.75) is 6.92 Å². The molecule has 12 heteroatoms. The lowest BCUT2D eigenvalue weighted by Gasteiger charge is -2.05. The molecule has 0 saturated carbocycles. The molecule has 0 radical (unpaired) electrons. The molecule has 3 rings (SSSR count). The molecule has 0 amide bonds. The minimum atomic E-state index is 0.0395. The van der Waals surface area contributed by atoms with Crippen LogP contribution in [0.5, 0.6) is 11.1 Å². The van der Waals surface area contributed by atoms with Gasteiger partial charge in [-0.25, -0.2) is 4.98 Å². The van der Waals surface area contributed by atoms with Gasteiger partial charge in [-0.3, -0.25) is 0 Å². The highest BCUT2D eigenvalue weighted by Gasteiger charge is 2.15. The van der Waals surface area contributed by atoms with E-state index in [0.717, 1.165) is 4.88 Å². The summed E-state index contributed by atoms with van der Waals surface area (Å²) in [6.45, 7) is 1.91. The molecular weight excluding hydrogens is 556 g/mol. The fraction of sp³-hybridized carbons (Fsp3) is 0.0714. The van der Waals surface area contributed by atoms with Crippen LogP contribution in [0.25, 0.3) is 0 Å². The molecule has 0 atom stereocenters. The Bertz CT molecular complexity index is 920. The van der Waals surface area contributed by atoms with Crippen molar-refractivity contribution in [1.82, 2.24) is 4.98 Å². The van der Waals surface area contributed by atoms with Gasteiger partial charge in [0.2, 0.25) is 0 Å². The van der Waals surface area contributed by atoms with Crippen LogP contribution in [-0.2, 0) is 0 Å². The van der Waals surface area contributed by atoms with E-state index in [4.69, 9.17) is 39.5 Å². The Morgan fingerprint density at radius 3 is 1.96 bits per heavy atom. The molecule has 0 unspecified atom stereocenters. The first kappa shape index (κ1) is 21.5. The molecule has 3 aromatic rings. The highest BCUT2D eigenvalue weighted by atomic mass is 79.9. The van der Waals surface area contributed by atoms with Crippen molar-refractivity contribution in [2.24, 2.45) is 0 Å². The molecule has 0 fully saturated rings. The number of hydrogen-bond donors (Lipinski definition) is 0. The number of pyridine rings is 2. The smallest absolute Gasteiger partial charge is 0.389 e. The highest BCUT2D eigenvalue weighted by Crippen LogP contribution is 2.26. The van der Waals surface area contributed by atoms with Crippen LogP contribution in [-0.4, -0.2) is 4.98 Å². The number of thiazole rings is 1. The molecule has 138 valence electrons. The first-order chi connectivity index (χ1) is 12.2. The highest BCUT2D eigenvalue weighted by molar-refractivity contribution is 9.10. The molecule has 0 N–H and O–H groups in total. The Hall–Kier alpha value is -0.840. The van der Waals surface area contributed by atoms with Crippen molar-refractivity contribution in [3.05, 3.63) is 70.2 Å². The molecule has 0 saturated heterocycles. The van der Waals surface area contributed by atoms with Crippen LogP contribution in [0.3, 0.4) is 0 Å². The number of ether oxygens (including phenoxy) is 1. The van der Waals surface area contributed by atoms with E-state index in [1.54, 1.807) is 6.20 Å². The summed E-state index contributed by atoms with van der Waals surface area (Å²) < 4.78 is 7.64. The third-order valence-corrected chi connectivity index (χ3v) is 5.10. The summed E-state index contributed by atoms with van der Waals surface area (Å²) in [5, 5.41) is 22.9. The molecule has 0 aliphatic heterocycles. The van der Waals surface area contributed by atoms with Crippen LogP contribution >= 0.6 is 78.0 Å². The lowest BCUT2D eigenvalue weighted by atomic mass is 10.5. The second-order valence-electron chi connectivity index (χ2n) is 4.58. The van der Waals surface area contributed by atoms with Gasteiger partial charge in [0.25, 0.3) is 20.7 Å². The van der Waals surface area contributed by atoms with Gasteiger partial charge in [-0.15, -0.1) is 9.46 Å². The van der Waals surface area contributed by atoms with Crippen LogP contribution in [0.1, 0.15) is 4.88 Å². The minimum Gasteiger partial charge on any atom is -0.617 e. The Morgan fingerprint density at radius 1 is 0.962 bits per heavy atom. The lowest BCUT2D eigenvalue weighted by Crippen LogP contribution is -2.29. The van der Waals surface area contributed by atoms with Gasteiger partial charge in [-0.05, 0) is 41.7 Å². The third-order valence-electron chi connectivity index (χ3n) is 2.61. The molecule has 0 aliphatic rings. The number of halogens is 5. The van der Waals surface area contributed by atoms with E-state index in [1.807, 2.05) is 6.92 Å². The van der Waals surface area contributed by atoms with Gasteiger partial charge < -0.3 is 15.2 Å². The summed E-state index contributed by atoms with van der Waals surface area (Å²) in [7, 11) is 0. The number of nitrogens with zero attached hydrogens (tertiary/aromatic N) is 3. The van der Waals surface area contributed by atoms with E-state index in [0.29, 0.717) is 23.6 Å². The van der Waals surface area contributed by atoms with Crippen molar-refractivity contribution in [3.63, 3.8) is 0 Å². The monoisotopic (exact) mass is 561 g/mol. The molecule has 3 heterocycles. The van der Waals surface area contributed by atoms with Gasteiger partial charge in [0.1, 0.15) is 0 Å². The number of hydrogen-bond acceptors (Lipinski definition) is 5. The van der Waals surface area contributed by atoms with Crippen LogP contribution in [0, 0.1) is 17.3 Å². The van der Waals surface area contributed by atoms with E-state index in [2.05, 4.69) is 36.8 Å². The topological polar surface area (TPSA) is 76.0 Å². The maximum atomic E-state index is 11.5. The molecule has 0 bridgehead atoms. The molecule has 0 spiro atoms. The van der Waals surface area contributed by atoms with Crippen molar-refractivity contribution >= 4 is 78.0 Å². The predicted molar refractivity (Wildman–Crippen MR) is 108 cm³/mol. The van der Waals surface area contributed by atoms with Crippen LogP contribution in [0.4, 0.5) is 0 Å². The average molecular weight is 564 g/mol. The van der Waals surface area contributed by atoms with E-state index in [1.165, 1.54) is 35.6 Å². The fourth-order valence-electron chi connectivity index (χ4n) is 1.53. The Balaban J connectivity index is 0.000000209. The Labute approximate surface area is 184 Å². The molecule has 6 nitrogen and oxygen atoms in total. The summed E-state index contributed by atoms with van der Waals surface area (Å²) in [5.74, 6) is 0.0914. The van der Waals surface area contributed by atoms with Gasteiger partial charge in [0, 0.05) is 38.2 Å². The normalized spacial score (nSPS) is 10.2. The molecular formula is C14H8Br2Cl3N3O3S. The quantitative estimate of drug-likeness (QED) is 0.228. The first-order valence-corrected chi connectivity index (χ1v) is 10.1.